The number of halogens is 2. The van der Waals surface area contributed by atoms with Crippen LogP contribution >= 0.6 is 43.6 Å². The number of hydrogen-bond donors (Lipinski definition) is 0. The summed E-state index contributed by atoms with van der Waals surface area (Å²) in [6.07, 6.45) is 1.86. The molecule has 0 saturated carbocycles. The van der Waals surface area contributed by atoms with Gasteiger partial charge in [0.05, 0.1) is 28.3 Å². The van der Waals surface area contributed by atoms with E-state index < -0.39 is 0 Å². The number of ether oxygens (including phenoxy) is 2. The first-order chi connectivity index (χ1) is 19.4. The third kappa shape index (κ3) is 6.86. The summed E-state index contributed by atoms with van der Waals surface area (Å²) in [5.41, 5.74) is 3.14. The van der Waals surface area contributed by atoms with Crippen LogP contribution in [0.2, 0.25) is 0 Å². The predicted octanol–water partition coefficient (Wildman–Crippen LogP) is 6.89. The fourth-order valence-corrected chi connectivity index (χ4v) is 6.09. The molecule has 206 valence electrons. The molecular formula is C30H27Br2N3O4S. The van der Waals surface area contributed by atoms with E-state index in [2.05, 4.69) is 31.9 Å². The Hall–Kier alpha value is -2.92. The molecular weight excluding hydrogens is 658 g/mol. The minimum Gasteiger partial charge on any atom is -0.488 e. The number of rotatable bonds is 7. The lowest BCUT2D eigenvalue weighted by Crippen LogP contribution is -2.40. The molecule has 40 heavy (non-hydrogen) atoms. The monoisotopic (exact) mass is 683 g/mol. The van der Waals surface area contributed by atoms with Gasteiger partial charge in [-0.15, -0.1) is 0 Å². The van der Waals surface area contributed by atoms with Crippen molar-refractivity contribution in [3.8, 4) is 5.75 Å². The molecule has 0 radical (unpaired) electrons. The van der Waals surface area contributed by atoms with Crippen molar-refractivity contribution in [2.75, 3.05) is 32.8 Å². The second-order valence-electron chi connectivity index (χ2n) is 9.11. The maximum Gasteiger partial charge on any atom is 0.266 e. The highest BCUT2D eigenvalue weighted by atomic mass is 79.9. The van der Waals surface area contributed by atoms with Crippen molar-refractivity contribution in [1.82, 2.24) is 9.80 Å². The first-order valence-corrected chi connectivity index (χ1v) is 15.3. The molecule has 0 aliphatic carbocycles. The SMILES string of the molecule is CCN1C(=O)/C(=C\c2ccc(OCc3ccc(Br)cc3)c(Br)c2)SC1=Nc1cccc(C(=O)N2CCOCC2)c1. The van der Waals surface area contributed by atoms with Crippen LogP contribution in [0, 0.1) is 0 Å². The molecule has 0 bridgehead atoms. The lowest BCUT2D eigenvalue weighted by atomic mass is 10.1. The molecule has 2 saturated heterocycles. The fraction of sp³-hybridized carbons (Fsp3) is 0.233. The van der Waals surface area contributed by atoms with Crippen molar-refractivity contribution in [2.45, 2.75) is 13.5 Å². The van der Waals surface area contributed by atoms with Gasteiger partial charge in [0.25, 0.3) is 11.8 Å². The Morgan fingerprint density at radius 2 is 1.85 bits per heavy atom. The number of aliphatic imine (C=N–C) groups is 1. The van der Waals surface area contributed by atoms with Gasteiger partial charge in [-0.2, -0.15) is 0 Å². The van der Waals surface area contributed by atoms with Crippen LogP contribution in [-0.4, -0.2) is 59.6 Å². The number of carbonyl (C=O) groups excluding carboxylic acids is 2. The summed E-state index contributed by atoms with van der Waals surface area (Å²) in [5, 5.41) is 0.586. The molecule has 0 spiro atoms. The Bertz CT molecular complexity index is 1470. The molecule has 2 aliphatic heterocycles. The van der Waals surface area contributed by atoms with E-state index in [0.717, 1.165) is 25.8 Å². The highest BCUT2D eigenvalue weighted by Crippen LogP contribution is 2.35. The first kappa shape index (κ1) is 28.6. The topological polar surface area (TPSA) is 71.4 Å². The van der Waals surface area contributed by atoms with Crippen LogP contribution in [-0.2, 0) is 16.1 Å². The highest BCUT2D eigenvalue weighted by Gasteiger charge is 2.32. The van der Waals surface area contributed by atoms with Gasteiger partial charge in [-0.1, -0.05) is 40.2 Å². The molecule has 0 N–H and O–H groups in total. The minimum absolute atomic E-state index is 0.0386. The molecule has 10 heteroatoms. The Morgan fingerprint density at radius 1 is 1.07 bits per heavy atom. The summed E-state index contributed by atoms with van der Waals surface area (Å²) in [5.74, 6) is 0.584. The van der Waals surface area contributed by atoms with Crippen LogP contribution in [0.25, 0.3) is 6.08 Å². The first-order valence-electron chi connectivity index (χ1n) is 12.9. The molecule has 3 aromatic rings. The third-order valence-corrected chi connectivity index (χ3v) is 8.54. The van der Waals surface area contributed by atoms with Crippen molar-refractivity contribution in [3.63, 3.8) is 0 Å². The molecule has 2 aliphatic rings. The largest absolute Gasteiger partial charge is 0.488 e. The van der Waals surface area contributed by atoms with Gasteiger partial charge in [-0.25, -0.2) is 4.99 Å². The predicted molar refractivity (Wildman–Crippen MR) is 166 cm³/mol. The van der Waals surface area contributed by atoms with Crippen LogP contribution in [0.4, 0.5) is 5.69 Å². The maximum absolute atomic E-state index is 13.2. The number of amides is 2. The van der Waals surface area contributed by atoms with Gasteiger partial charge in [-0.3, -0.25) is 14.5 Å². The number of nitrogens with zero attached hydrogens (tertiary/aromatic N) is 3. The second kappa shape index (κ2) is 13.2. The van der Waals surface area contributed by atoms with E-state index in [1.807, 2.05) is 67.6 Å². The fourth-order valence-electron chi connectivity index (χ4n) is 4.26. The molecule has 0 aromatic heterocycles. The number of carbonyl (C=O) groups is 2. The van der Waals surface area contributed by atoms with Crippen molar-refractivity contribution < 1.29 is 19.1 Å². The molecule has 0 atom stereocenters. The van der Waals surface area contributed by atoms with E-state index in [4.69, 9.17) is 14.5 Å². The third-order valence-electron chi connectivity index (χ3n) is 6.38. The van der Waals surface area contributed by atoms with Gasteiger partial charge in [0.1, 0.15) is 12.4 Å². The lowest BCUT2D eigenvalue weighted by molar-refractivity contribution is -0.122. The molecule has 2 heterocycles. The molecule has 2 fully saturated rings. The zero-order valence-corrected chi connectivity index (χ0v) is 25.8. The molecule has 2 amide bonds. The number of thioether (sulfide) groups is 1. The summed E-state index contributed by atoms with van der Waals surface area (Å²) in [6, 6.07) is 21.0. The normalized spacial score (nSPS) is 17.6. The Balaban J connectivity index is 1.31. The van der Waals surface area contributed by atoms with Crippen molar-refractivity contribution in [3.05, 3.63) is 97.3 Å². The molecule has 3 aromatic carbocycles. The van der Waals surface area contributed by atoms with Gasteiger partial charge < -0.3 is 14.4 Å². The summed E-state index contributed by atoms with van der Waals surface area (Å²) in [7, 11) is 0. The minimum atomic E-state index is -0.0986. The highest BCUT2D eigenvalue weighted by molar-refractivity contribution is 9.10. The number of amidine groups is 1. The average Bonchev–Trinajstić information content (AvgIpc) is 3.26. The van der Waals surface area contributed by atoms with Crippen molar-refractivity contribution in [1.29, 1.82) is 0 Å². The standard InChI is InChI=1S/C30H27Br2N3O4S/c1-2-35-29(37)27(17-21-8-11-26(25(32)16-21)39-19-20-6-9-23(31)10-7-20)40-30(35)33-24-5-3-4-22(18-24)28(36)34-12-14-38-15-13-34/h3-11,16-18H,2,12-15,19H2,1H3/b27-17+,33-30?. The molecule has 5 rings (SSSR count). The van der Waals surface area contributed by atoms with Gasteiger partial charge in [0.2, 0.25) is 0 Å². The smallest absolute Gasteiger partial charge is 0.266 e. The second-order valence-corrected chi connectivity index (χ2v) is 11.9. The van der Waals surface area contributed by atoms with Crippen LogP contribution in [0.1, 0.15) is 28.4 Å². The Labute approximate surface area is 254 Å². The van der Waals surface area contributed by atoms with Gasteiger partial charge in [-0.05, 0) is 94.3 Å². The van der Waals surface area contributed by atoms with E-state index in [9.17, 15) is 9.59 Å². The van der Waals surface area contributed by atoms with E-state index in [0.29, 0.717) is 60.8 Å². The zero-order valence-electron chi connectivity index (χ0n) is 21.8. The van der Waals surface area contributed by atoms with E-state index >= 15 is 0 Å². The quantitative estimate of drug-likeness (QED) is 0.254. The number of hydrogen-bond acceptors (Lipinski definition) is 6. The van der Waals surface area contributed by atoms with Crippen molar-refractivity contribution in [2.24, 2.45) is 4.99 Å². The van der Waals surface area contributed by atoms with Crippen molar-refractivity contribution >= 4 is 72.4 Å². The van der Waals surface area contributed by atoms with E-state index in [1.54, 1.807) is 21.9 Å². The van der Waals surface area contributed by atoms with Gasteiger partial charge in [0, 0.05) is 29.7 Å². The summed E-state index contributed by atoms with van der Waals surface area (Å²) in [6.45, 7) is 5.11. The summed E-state index contributed by atoms with van der Waals surface area (Å²) in [4.78, 5) is 34.9. The van der Waals surface area contributed by atoms with E-state index in [1.165, 1.54) is 11.8 Å². The Morgan fingerprint density at radius 3 is 2.58 bits per heavy atom. The summed E-state index contributed by atoms with van der Waals surface area (Å²) < 4.78 is 13.2. The van der Waals surface area contributed by atoms with Crippen LogP contribution in [0.3, 0.4) is 0 Å². The summed E-state index contributed by atoms with van der Waals surface area (Å²) >= 11 is 8.37. The van der Waals surface area contributed by atoms with Crippen LogP contribution in [0.5, 0.6) is 5.75 Å². The molecule has 7 nitrogen and oxygen atoms in total. The Kier molecular flexibility index (Phi) is 9.41. The number of morpholine rings is 1. The zero-order chi connectivity index (χ0) is 28.1. The lowest BCUT2D eigenvalue weighted by Gasteiger charge is -2.26. The van der Waals surface area contributed by atoms with Gasteiger partial charge in [0.15, 0.2) is 5.17 Å². The van der Waals surface area contributed by atoms with Crippen LogP contribution in [0.15, 0.2) is 85.6 Å². The van der Waals surface area contributed by atoms with Crippen LogP contribution < -0.4 is 4.74 Å². The molecule has 0 unspecified atom stereocenters. The number of benzene rings is 3. The van der Waals surface area contributed by atoms with E-state index in [-0.39, 0.29) is 11.8 Å². The van der Waals surface area contributed by atoms with Gasteiger partial charge >= 0.3 is 0 Å². The number of likely N-dealkylation sites (N-methyl/N-ethyl adjacent to an activating group) is 1. The maximum atomic E-state index is 13.2. The average molecular weight is 685 g/mol.